The Hall–Kier alpha value is -4.07. The molecule has 3 aromatic carbocycles. The third kappa shape index (κ3) is 3.13. The Morgan fingerprint density at radius 3 is 2.65 bits per heavy atom. The van der Waals surface area contributed by atoms with Crippen molar-refractivity contribution < 1.29 is 14.2 Å². The van der Waals surface area contributed by atoms with Crippen LogP contribution in [-0.4, -0.2) is 21.3 Å². The number of oxime groups is 1. The van der Waals surface area contributed by atoms with Crippen molar-refractivity contribution >= 4 is 33.2 Å². The summed E-state index contributed by atoms with van der Waals surface area (Å²) in [6, 6.07) is 17.8. The minimum absolute atomic E-state index is 0.0456. The van der Waals surface area contributed by atoms with E-state index in [1.165, 1.54) is 18.2 Å². The fourth-order valence-corrected chi connectivity index (χ4v) is 4.09. The van der Waals surface area contributed by atoms with Crippen molar-refractivity contribution in [2.45, 2.75) is 19.1 Å². The fraction of sp³-hybridized carbons (Fsp3) is 0.130. The zero-order valence-corrected chi connectivity index (χ0v) is 16.2. The maximum Gasteiger partial charge on any atom is 0.278 e. The number of fused-ring (bicyclic) bond motifs is 2. The van der Waals surface area contributed by atoms with Crippen LogP contribution in [-0.2, 0) is 11.4 Å². The van der Waals surface area contributed by atoms with Crippen molar-refractivity contribution in [3.63, 3.8) is 0 Å². The molecule has 0 aliphatic carbocycles. The summed E-state index contributed by atoms with van der Waals surface area (Å²) in [7, 11) is 0. The van der Waals surface area contributed by atoms with Crippen molar-refractivity contribution in [2.24, 2.45) is 5.16 Å². The molecule has 1 aromatic heterocycles. The highest BCUT2D eigenvalue weighted by atomic mass is 19.1. The van der Waals surface area contributed by atoms with E-state index in [9.17, 15) is 19.3 Å². The summed E-state index contributed by atoms with van der Waals surface area (Å²) in [5.41, 5.74) is 1.38. The molecule has 5 rings (SSSR count). The van der Waals surface area contributed by atoms with Gasteiger partial charge in [0.05, 0.1) is 33.8 Å². The van der Waals surface area contributed by atoms with Gasteiger partial charge in [0, 0.05) is 23.3 Å². The molecule has 7 nitrogen and oxygen atoms in total. The minimum Gasteiger partial charge on any atom is -0.390 e. The van der Waals surface area contributed by atoms with E-state index in [-0.39, 0.29) is 28.6 Å². The van der Waals surface area contributed by atoms with E-state index < -0.39 is 16.8 Å². The Morgan fingerprint density at radius 1 is 1.06 bits per heavy atom. The van der Waals surface area contributed by atoms with Gasteiger partial charge in [0.15, 0.2) is 11.5 Å². The molecular weight excluding hydrogens is 401 g/mol. The Labute approximate surface area is 175 Å². The van der Waals surface area contributed by atoms with Gasteiger partial charge >= 0.3 is 0 Å². The molecule has 1 atom stereocenters. The van der Waals surface area contributed by atoms with E-state index in [1.54, 1.807) is 53.1 Å². The molecule has 31 heavy (non-hydrogen) atoms. The molecule has 0 spiro atoms. The fourth-order valence-electron chi connectivity index (χ4n) is 4.09. The number of benzene rings is 3. The van der Waals surface area contributed by atoms with Crippen LogP contribution in [0.3, 0.4) is 0 Å². The largest absolute Gasteiger partial charge is 0.390 e. The summed E-state index contributed by atoms with van der Waals surface area (Å²) < 4.78 is 16.5. The van der Waals surface area contributed by atoms with Crippen LogP contribution in [0.1, 0.15) is 12.0 Å². The Bertz CT molecular complexity index is 1440. The first kappa shape index (κ1) is 18.9. The molecule has 0 saturated carbocycles. The van der Waals surface area contributed by atoms with E-state index in [0.29, 0.717) is 28.6 Å². The average Bonchev–Trinajstić information content (AvgIpc) is 3.25. The van der Waals surface area contributed by atoms with Gasteiger partial charge in [0.2, 0.25) is 0 Å². The molecule has 0 fully saturated rings. The van der Waals surface area contributed by atoms with Crippen LogP contribution in [0, 0.1) is 15.9 Å². The quantitative estimate of drug-likeness (QED) is 0.280. The lowest BCUT2D eigenvalue weighted by atomic mass is 10.0. The van der Waals surface area contributed by atoms with Crippen LogP contribution in [0.15, 0.2) is 76.7 Å². The number of hydrogen-bond acceptors (Lipinski definition) is 5. The maximum atomic E-state index is 14.8. The Morgan fingerprint density at radius 2 is 1.81 bits per heavy atom. The van der Waals surface area contributed by atoms with Crippen molar-refractivity contribution in [3.05, 3.63) is 98.4 Å². The highest BCUT2D eigenvalue weighted by molar-refractivity contribution is 6.04. The highest BCUT2D eigenvalue weighted by Gasteiger charge is 2.28. The van der Waals surface area contributed by atoms with Gasteiger partial charge < -0.3 is 9.40 Å². The number of rotatable bonds is 4. The lowest BCUT2D eigenvalue weighted by molar-refractivity contribution is -0.385. The number of aromatic nitrogens is 1. The van der Waals surface area contributed by atoms with Gasteiger partial charge in [-0.1, -0.05) is 35.5 Å². The first-order valence-electron chi connectivity index (χ1n) is 9.71. The van der Waals surface area contributed by atoms with Gasteiger partial charge in [-0.2, -0.15) is 0 Å². The summed E-state index contributed by atoms with van der Waals surface area (Å²) in [6.45, 7) is 0.228. The summed E-state index contributed by atoms with van der Waals surface area (Å²) >= 11 is 0. The van der Waals surface area contributed by atoms with Crippen LogP contribution in [0.2, 0.25) is 0 Å². The molecular formula is C23H16FN3O4. The van der Waals surface area contributed by atoms with Gasteiger partial charge in [0.25, 0.3) is 5.69 Å². The lowest BCUT2D eigenvalue weighted by Gasteiger charge is -2.18. The van der Waals surface area contributed by atoms with Gasteiger partial charge in [-0.05, 0) is 30.3 Å². The zero-order chi connectivity index (χ0) is 21.5. The minimum atomic E-state index is -0.502. The van der Waals surface area contributed by atoms with Crippen molar-refractivity contribution in [1.82, 2.24) is 4.57 Å². The first-order valence-corrected chi connectivity index (χ1v) is 9.71. The number of pyridine rings is 1. The molecule has 0 radical (unpaired) electrons. The molecule has 0 N–H and O–H groups in total. The predicted molar refractivity (Wildman–Crippen MR) is 115 cm³/mol. The molecule has 0 amide bonds. The molecule has 2 heterocycles. The average molecular weight is 417 g/mol. The SMILES string of the molecule is O=c1c2ccccc2n(CC2CC(c3ccccc3[N+](=O)[O-])=NO2)c2c(F)cccc12. The third-order valence-electron chi connectivity index (χ3n) is 5.47. The molecule has 8 heteroatoms. The van der Waals surface area contributed by atoms with Crippen molar-refractivity contribution in [2.75, 3.05) is 0 Å². The number of nitro benzene ring substituents is 1. The normalized spacial score (nSPS) is 15.8. The number of nitrogens with zero attached hydrogens (tertiary/aromatic N) is 3. The molecule has 1 unspecified atom stereocenters. The van der Waals surface area contributed by atoms with E-state index in [2.05, 4.69) is 5.16 Å². The summed E-state index contributed by atoms with van der Waals surface area (Å²) in [5, 5.41) is 16.2. The van der Waals surface area contributed by atoms with Gasteiger partial charge in [0.1, 0.15) is 5.82 Å². The second-order valence-electron chi connectivity index (χ2n) is 7.34. The van der Waals surface area contributed by atoms with Crippen LogP contribution in [0.4, 0.5) is 10.1 Å². The molecule has 4 aromatic rings. The molecule has 1 aliphatic rings. The summed E-state index contributed by atoms with van der Waals surface area (Å²) in [5.74, 6) is -0.502. The first-order chi connectivity index (χ1) is 15.0. The number of hydrogen-bond donors (Lipinski definition) is 0. The van der Waals surface area contributed by atoms with Crippen molar-refractivity contribution in [1.29, 1.82) is 0 Å². The maximum absolute atomic E-state index is 14.8. The van der Waals surface area contributed by atoms with Crippen LogP contribution < -0.4 is 5.43 Å². The van der Waals surface area contributed by atoms with Gasteiger partial charge in [-0.15, -0.1) is 0 Å². The van der Waals surface area contributed by atoms with Crippen LogP contribution in [0.5, 0.6) is 0 Å². The van der Waals surface area contributed by atoms with E-state index in [0.717, 1.165) is 0 Å². The molecule has 1 aliphatic heterocycles. The summed E-state index contributed by atoms with van der Waals surface area (Å²) in [4.78, 5) is 29.3. The topological polar surface area (TPSA) is 86.7 Å². The predicted octanol–water partition coefficient (Wildman–Crippen LogP) is 4.40. The number of halogens is 1. The monoisotopic (exact) mass is 417 g/mol. The van der Waals surface area contributed by atoms with Crippen molar-refractivity contribution in [3.8, 4) is 0 Å². The second kappa shape index (κ2) is 7.32. The zero-order valence-electron chi connectivity index (χ0n) is 16.2. The highest BCUT2D eigenvalue weighted by Crippen LogP contribution is 2.27. The smallest absolute Gasteiger partial charge is 0.278 e. The molecule has 0 bridgehead atoms. The summed E-state index contributed by atoms with van der Waals surface area (Å²) in [6.07, 6.45) is -0.148. The Balaban J connectivity index is 1.56. The third-order valence-corrected chi connectivity index (χ3v) is 5.47. The second-order valence-corrected chi connectivity index (χ2v) is 7.34. The van der Waals surface area contributed by atoms with Crippen LogP contribution in [0.25, 0.3) is 21.8 Å². The molecule has 0 saturated heterocycles. The Kier molecular flexibility index (Phi) is 4.47. The van der Waals surface area contributed by atoms with Gasteiger partial charge in [-0.25, -0.2) is 4.39 Å². The van der Waals surface area contributed by atoms with Crippen LogP contribution >= 0.6 is 0 Å². The number of para-hydroxylation sites is 3. The van der Waals surface area contributed by atoms with E-state index in [1.807, 2.05) is 0 Å². The lowest BCUT2D eigenvalue weighted by Crippen LogP contribution is -2.21. The van der Waals surface area contributed by atoms with Gasteiger partial charge in [-0.3, -0.25) is 14.9 Å². The van der Waals surface area contributed by atoms with E-state index in [4.69, 9.17) is 4.84 Å². The standard InChI is InChI=1S/C23H16FN3O4/c24-18-9-5-8-17-22(18)26(20-10-3-2-7-16(20)23(17)28)13-14-12-19(25-31-14)15-6-1-4-11-21(15)27(29)30/h1-11,14H,12-13H2. The molecule has 154 valence electrons. The number of nitro groups is 1. The van der Waals surface area contributed by atoms with E-state index >= 15 is 0 Å².